The van der Waals surface area contributed by atoms with Gasteiger partial charge in [0.05, 0.1) is 0 Å². The fraction of sp³-hybridized carbons (Fsp3) is 0.529. The topological polar surface area (TPSA) is 44.4 Å². The minimum atomic E-state index is 0.00855. The van der Waals surface area contributed by atoms with Crippen LogP contribution >= 0.6 is 12.2 Å². The number of carbonyl (C=O) groups is 1. The number of anilines is 1. The molecule has 2 saturated carbocycles. The molecule has 4 nitrogen and oxygen atoms in total. The van der Waals surface area contributed by atoms with Crippen molar-refractivity contribution in [2.24, 2.45) is 11.8 Å². The number of amides is 1. The lowest BCUT2D eigenvalue weighted by molar-refractivity contribution is 0.0827. The smallest absolute Gasteiger partial charge is 0.253 e. The summed E-state index contributed by atoms with van der Waals surface area (Å²) in [5.41, 5.74) is 1.60. The van der Waals surface area contributed by atoms with Gasteiger partial charge in [0, 0.05) is 31.4 Å². The molecule has 118 valence electrons. The number of rotatable bonds is 3. The lowest BCUT2D eigenvalue weighted by Gasteiger charge is -2.24. The molecule has 0 heterocycles. The van der Waals surface area contributed by atoms with Crippen molar-refractivity contribution < 1.29 is 4.79 Å². The molecule has 3 atom stereocenters. The van der Waals surface area contributed by atoms with Gasteiger partial charge in [0.15, 0.2) is 5.11 Å². The van der Waals surface area contributed by atoms with Crippen LogP contribution in [0.25, 0.3) is 0 Å². The van der Waals surface area contributed by atoms with E-state index in [1.54, 1.807) is 19.0 Å². The number of thiocarbonyl (C=S) groups is 1. The van der Waals surface area contributed by atoms with E-state index in [4.69, 9.17) is 12.2 Å². The molecule has 2 aliphatic carbocycles. The van der Waals surface area contributed by atoms with Crippen molar-refractivity contribution in [1.29, 1.82) is 0 Å². The largest absolute Gasteiger partial charge is 0.359 e. The Bertz CT molecular complexity index is 570. The molecule has 0 aliphatic heterocycles. The summed E-state index contributed by atoms with van der Waals surface area (Å²) in [6.07, 6.45) is 5.35. The predicted octanol–water partition coefficient (Wildman–Crippen LogP) is 2.86. The summed E-state index contributed by atoms with van der Waals surface area (Å²) in [6, 6.07) is 7.97. The van der Waals surface area contributed by atoms with Gasteiger partial charge in [-0.05, 0) is 67.6 Å². The average molecular weight is 317 g/mol. The SMILES string of the molecule is CN(C)C(=O)c1ccc(NC(=S)NC2CC3CCC2C3)cc1. The first kappa shape index (κ1) is 15.3. The zero-order valence-corrected chi connectivity index (χ0v) is 14.0. The lowest BCUT2D eigenvalue weighted by Crippen LogP contribution is -2.40. The summed E-state index contributed by atoms with van der Waals surface area (Å²) in [6.45, 7) is 0. The van der Waals surface area contributed by atoms with Gasteiger partial charge in [-0.25, -0.2) is 0 Å². The molecule has 0 radical (unpaired) electrons. The molecule has 1 amide bonds. The van der Waals surface area contributed by atoms with Crippen molar-refractivity contribution in [2.45, 2.75) is 31.7 Å². The number of benzene rings is 1. The normalized spacial score (nSPS) is 25.8. The van der Waals surface area contributed by atoms with Gasteiger partial charge in [-0.3, -0.25) is 4.79 Å². The van der Waals surface area contributed by atoms with Gasteiger partial charge in [-0.1, -0.05) is 6.42 Å². The number of hydrogen-bond donors (Lipinski definition) is 2. The van der Waals surface area contributed by atoms with Crippen LogP contribution in [-0.4, -0.2) is 36.1 Å². The van der Waals surface area contributed by atoms with Crippen molar-refractivity contribution in [3.05, 3.63) is 29.8 Å². The van der Waals surface area contributed by atoms with Crippen molar-refractivity contribution in [3.8, 4) is 0 Å². The minimum absolute atomic E-state index is 0.00855. The third-order valence-corrected chi connectivity index (χ3v) is 5.07. The van der Waals surface area contributed by atoms with Crippen LogP contribution in [0.1, 0.15) is 36.0 Å². The highest BCUT2D eigenvalue weighted by Gasteiger charge is 2.39. The van der Waals surface area contributed by atoms with Crippen LogP contribution in [0.2, 0.25) is 0 Å². The summed E-state index contributed by atoms with van der Waals surface area (Å²) < 4.78 is 0. The first-order chi connectivity index (χ1) is 10.5. The third-order valence-electron chi connectivity index (χ3n) is 4.85. The van der Waals surface area contributed by atoms with Crippen LogP contribution < -0.4 is 10.6 Å². The average Bonchev–Trinajstić information content (AvgIpc) is 3.09. The van der Waals surface area contributed by atoms with Crippen molar-refractivity contribution >= 4 is 28.9 Å². The number of hydrogen-bond acceptors (Lipinski definition) is 2. The van der Waals surface area contributed by atoms with Gasteiger partial charge >= 0.3 is 0 Å². The Morgan fingerprint density at radius 2 is 1.91 bits per heavy atom. The fourth-order valence-electron chi connectivity index (χ4n) is 3.71. The lowest BCUT2D eigenvalue weighted by atomic mass is 9.96. The van der Waals surface area contributed by atoms with Crippen LogP contribution in [0.3, 0.4) is 0 Å². The summed E-state index contributed by atoms with van der Waals surface area (Å²) in [5, 5.41) is 7.36. The van der Waals surface area contributed by atoms with Crippen LogP contribution in [0.15, 0.2) is 24.3 Å². The highest BCUT2D eigenvalue weighted by atomic mass is 32.1. The molecule has 2 aliphatic rings. The van der Waals surface area contributed by atoms with Gasteiger partial charge in [0.2, 0.25) is 0 Å². The highest BCUT2D eigenvalue weighted by molar-refractivity contribution is 7.80. The second kappa shape index (κ2) is 6.24. The first-order valence-electron chi connectivity index (χ1n) is 7.92. The molecule has 0 spiro atoms. The zero-order valence-electron chi connectivity index (χ0n) is 13.1. The first-order valence-corrected chi connectivity index (χ1v) is 8.33. The highest BCUT2D eigenvalue weighted by Crippen LogP contribution is 2.44. The molecule has 5 heteroatoms. The summed E-state index contributed by atoms with van der Waals surface area (Å²) in [7, 11) is 3.51. The molecule has 0 saturated heterocycles. The third kappa shape index (κ3) is 3.24. The summed E-state index contributed by atoms with van der Waals surface area (Å²) >= 11 is 5.42. The van der Waals surface area contributed by atoms with E-state index in [2.05, 4.69) is 10.6 Å². The molecular formula is C17H23N3OS. The Morgan fingerprint density at radius 1 is 1.18 bits per heavy atom. The molecule has 1 aromatic carbocycles. The Balaban J connectivity index is 1.54. The van der Waals surface area contributed by atoms with Gasteiger partial charge in [0.25, 0.3) is 5.91 Å². The van der Waals surface area contributed by atoms with E-state index in [0.29, 0.717) is 16.7 Å². The maximum Gasteiger partial charge on any atom is 0.253 e. The second-order valence-electron chi connectivity index (χ2n) is 6.66. The van der Waals surface area contributed by atoms with E-state index >= 15 is 0 Å². The van der Waals surface area contributed by atoms with Crippen LogP contribution in [-0.2, 0) is 0 Å². The number of nitrogens with zero attached hydrogens (tertiary/aromatic N) is 1. The molecule has 2 fully saturated rings. The Kier molecular flexibility index (Phi) is 4.34. The quantitative estimate of drug-likeness (QED) is 0.842. The molecule has 0 aromatic heterocycles. The molecule has 3 rings (SSSR count). The number of fused-ring (bicyclic) bond motifs is 2. The Hall–Kier alpha value is -1.62. The maximum atomic E-state index is 11.8. The molecule has 2 N–H and O–H groups in total. The van der Waals surface area contributed by atoms with Crippen LogP contribution in [0, 0.1) is 11.8 Å². The monoisotopic (exact) mass is 317 g/mol. The van der Waals surface area contributed by atoms with E-state index in [1.807, 2.05) is 24.3 Å². The Morgan fingerprint density at radius 3 is 2.45 bits per heavy atom. The molecule has 1 aromatic rings. The van der Waals surface area contributed by atoms with Crippen molar-refractivity contribution in [1.82, 2.24) is 10.2 Å². The van der Waals surface area contributed by atoms with Gasteiger partial charge in [0.1, 0.15) is 0 Å². The molecule has 22 heavy (non-hydrogen) atoms. The maximum absolute atomic E-state index is 11.8. The number of carbonyl (C=O) groups excluding carboxylic acids is 1. The van der Waals surface area contributed by atoms with Gasteiger partial charge in [-0.15, -0.1) is 0 Å². The standard InChI is InChI=1S/C17H23N3OS/c1-20(2)16(21)12-5-7-14(8-6-12)18-17(22)19-15-10-11-3-4-13(15)9-11/h5-8,11,13,15H,3-4,9-10H2,1-2H3,(H2,18,19,22). The molecular weight excluding hydrogens is 294 g/mol. The fourth-order valence-corrected chi connectivity index (χ4v) is 3.98. The summed E-state index contributed by atoms with van der Waals surface area (Å²) in [4.78, 5) is 13.4. The Labute approximate surface area is 137 Å². The van der Waals surface area contributed by atoms with Gasteiger partial charge < -0.3 is 15.5 Å². The minimum Gasteiger partial charge on any atom is -0.359 e. The van der Waals surface area contributed by atoms with Crippen molar-refractivity contribution in [3.63, 3.8) is 0 Å². The van der Waals surface area contributed by atoms with Gasteiger partial charge in [-0.2, -0.15) is 0 Å². The van der Waals surface area contributed by atoms with E-state index < -0.39 is 0 Å². The molecule has 2 bridgehead atoms. The van der Waals surface area contributed by atoms with E-state index in [9.17, 15) is 4.79 Å². The van der Waals surface area contributed by atoms with E-state index in [1.165, 1.54) is 25.7 Å². The van der Waals surface area contributed by atoms with Crippen molar-refractivity contribution in [2.75, 3.05) is 19.4 Å². The van der Waals surface area contributed by atoms with Crippen LogP contribution in [0.4, 0.5) is 5.69 Å². The van der Waals surface area contributed by atoms with E-state index in [-0.39, 0.29) is 5.91 Å². The van der Waals surface area contributed by atoms with E-state index in [0.717, 1.165) is 17.5 Å². The molecule has 3 unspecified atom stereocenters. The zero-order chi connectivity index (χ0) is 15.7. The van der Waals surface area contributed by atoms with Crippen LogP contribution in [0.5, 0.6) is 0 Å². The predicted molar refractivity (Wildman–Crippen MR) is 93.1 cm³/mol. The second-order valence-corrected chi connectivity index (χ2v) is 7.06. The number of nitrogens with one attached hydrogen (secondary N) is 2. The summed E-state index contributed by atoms with van der Waals surface area (Å²) in [5.74, 6) is 1.71.